The fourth-order valence-corrected chi connectivity index (χ4v) is 7.54. The average molecular weight is 765 g/mol. The third-order valence-electron chi connectivity index (χ3n) is 11.1. The smallest absolute Gasteiger partial charge is 0.119 e. The number of hydrogen-bond donors (Lipinski definition) is 4. The van der Waals surface area contributed by atoms with Crippen molar-refractivity contribution in [1.82, 2.24) is 0 Å². The van der Waals surface area contributed by atoms with E-state index >= 15 is 0 Å². The molecule has 0 spiro atoms. The second kappa shape index (κ2) is 22.7. The molecule has 4 N–H and O–H groups in total. The van der Waals surface area contributed by atoms with Crippen LogP contribution in [0, 0.1) is 0 Å². The minimum Gasteiger partial charge on any atom is -0.508 e. The van der Waals surface area contributed by atoms with Crippen LogP contribution in [-0.4, -0.2) is 20.4 Å². The topological polar surface area (TPSA) is 80.9 Å². The third kappa shape index (κ3) is 15.5. The molecule has 56 heavy (non-hydrogen) atoms. The summed E-state index contributed by atoms with van der Waals surface area (Å²) in [5, 5.41) is 41.1. The highest BCUT2D eigenvalue weighted by atomic mass is 16.3. The SMILES string of the molecule is CC(Cc1ccc(O)c(C(C)(C)C)c1)c1ccc(O)c(C(C)(C)C)c1.CCCCCCCCc1ccc(O)c(Cc2cc(CCCCCCCC)ccc2O)c1. The minimum absolute atomic E-state index is 0.0821. The van der Waals surface area contributed by atoms with Crippen molar-refractivity contribution in [2.24, 2.45) is 0 Å². The largest absolute Gasteiger partial charge is 0.508 e. The van der Waals surface area contributed by atoms with Gasteiger partial charge in [-0.15, -0.1) is 0 Å². The first-order valence-electron chi connectivity index (χ1n) is 21.8. The van der Waals surface area contributed by atoms with Crippen LogP contribution in [0.3, 0.4) is 0 Å². The molecule has 0 aliphatic carbocycles. The van der Waals surface area contributed by atoms with Crippen molar-refractivity contribution in [2.75, 3.05) is 0 Å². The lowest BCUT2D eigenvalue weighted by molar-refractivity contribution is 0.444. The summed E-state index contributed by atoms with van der Waals surface area (Å²) in [6, 6.07) is 23.9. The van der Waals surface area contributed by atoms with Gasteiger partial charge in [0.2, 0.25) is 0 Å². The van der Waals surface area contributed by atoms with E-state index in [-0.39, 0.29) is 10.8 Å². The van der Waals surface area contributed by atoms with Gasteiger partial charge in [0.05, 0.1) is 0 Å². The highest BCUT2D eigenvalue weighted by Crippen LogP contribution is 2.36. The number of unbranched alkanes of at least 4 members (excludes halogenated alkanes) is 10. The molecule has 0 saturated heterocycles. The second-order valence-electron chi connectivity index (χ2n) is 18.4. The van der Waals surface area contributed by atoms with Crippen LogP contribution in [0.25, 0.3) is 0 Å². The Morgan fingerprint density at radius 3 is 1.30 bits per heavy atom. The number of rotatable bonds is 19. The van der Waals surface area contributed by atoms with Gasteiger partial charge in [-0.25, -0.2) is 0 Å². The van der Waals surface area contributed by atoms with Gasteiger partial charge < -0.3 is 20.4 Å². The summed E-state index contributed by atoms with van der Waals surface area (Å²) in [5.41, 5.74) is 8.65. The molecular formula is C52H76O4. The van der Waals surface area contributed by atoms with Crippen molar-refractivity contribution in [2.45, 2.75) is 182 Å². The van der Waals surface area contributed by atoms with Crippen LogP contribution in [0.1, 0.15) is 190 Å². The Bertz CT molecular complexity index is 1690. The zero-order valence-corrected chi connectivity index (χ0v) is 36.6. The normalized spacial score (nSPS) is 12.3. The van der Waals surface area contributed by atoms with Crippen LogP contribution in [0.2, 0.25) is 0 Å². The summed E-state index contributed by atoms with van der Waals surface area (Å²) in [6.07, 6.45) is 19.1. The van der Waals surface area contributed by atoms with Gasteiger partial charge in [-0.2, -0.15) is 0 Å². The molecule has 4 heteroatoms. The fraction of sp³-hybridized carbons (Fsp3) is 0.538. The summed E-state index contributed by atoms with van der Waals surface area (Å²) in [5.74, 6) is 1.71. The first kappa shape index (κ1) is 46.5. The third-order valence-corrected chi connectivity index (χ3v) is 11.1. The first-order chi connectivity index (χ1) is 26.5. The van der Waals surface area contributed by atoms with Crippen molar-refractivity contribution in [3.8, 4) is 23.0 Å². The Kier molecular flexibility index (Phi) is 18.9. The minimum atomic E-state index is -0.0856. The van der Waals surface area contributed by atoms with E-state index in [1.165, 1.54) is 99.3 Å². The van der Waals surface area contributed by atoms with Crippen LogP contribution in [-0.2, 0) is 36.5 Å². The number of phenolic OH excluding ortho intramolecular Hbond substituents is 4. The molecule has 0 radical (unpaired) electrons. The molecule has 1 atom stereocenters. The summed E-state index contributed by atoms with van der Waals surface area (Å²) in [4.78, 5) is 0. The lowest BCUT2D eigenvalue weighted by atomic mass is 9.82. The Morgan fingerprint density at radius 1 is 0.446 bits per heavy atom. The number of aromatic hydroxyl groups is 4. The number of benzene rings is 4. The molecule has 308 valence electrons. The molecular weight excluding hydrogens is 689 g/mol. The van der Waals surface area contributed by atoms with E-state index in [0.717, 1.165) is 41.5 Å². The maximum absolute atomic E-state index is 10.4. The maximum Gasteiger partial charge on any atom is 0.119 e. The molecule has 1 unspecified atom stereocenters. The van der Waals surface area contributed by atoms with Crippen LogP contribution < -0.4 is 0 Å². The Balaban J connectivity index is 0.000000307. The average Bonchev–Trinajstić information content (AvgIpc) is 3.14. The number of aryl methyl sites for hydroxylation is 2. The monoisotopic (exact) mass is 765 g/mol. The van der Waals surface area contributed by atoms with Gasteiger partial charge in [0.15, 0.2) is 0 Å². The molecule has 4 rings (SSSR count). The summed E-state index contributed by atoms with van der Waals surface area (Å²) >= 11 is 0. The highest BCUT2D eigenvalue weighted by molar-refractivity contribution is 5.46. The molecule has 0 aliphatic heterocycles. The molecule has 0 fully saturated rings. The molecule has 0 heterocycles. The van der Waals surface area contributed by atoms with Crippen molar-refractivity contribution in [3.05, 3.63) is 117 Å². The predicted octanol–water partition coefficient (Wildman–Crippen LogP) is 14.5. The summed E-state index contributed by atoms with van der Waals surface area (Å²) in [6.45, 7) is 19.4. The number of phenols is 4. The lowest BCUT2D eigenvalue weighted by Gasteiger charge is -2.24. The van der Waals surface area contributed by atoms with Crippen molar-refractivity contribution >= 4 is 0 Å². The Hall–Kier alpha value is -3.92. The van der Waals surface area contributed by atoms with Gasteiger partial charge in [0.1, 0.15) is 23.0 Å². The maximum atomic E-state index is 10.4. The molecule has 4 aromatic carbocycles. The van der Waals surface area contributed by atoms with Gasteiger partial charge in [0, 0.05) is 6.42 Å². The van der Waals surface area contributed by atoms with Crippen LogP contribution in [0.15, 0.2) is 72.8 Å². The molecule has 0 saturated carbocycles. The van der Waals surface area contributed by atoms with E-state index < -0.39 is 0 Å². The Morgan fingerprint density at radius 2 is 0.839 bits per heavy atom. The van der Waals surface area contributed by atoms with Crippen molar-refractivity contribution in [1.29, 1.82) is 0 Å². The summed E-state index contributed by atoms with van der Waals surface area (Å²) in [7, 11) is 0. The zero-order valence-electron chi connectivity index (χ0n) is 36.6. The van der Waals surface area contributed by atoms with E-state index in [9.17, 15) is 20.4 Å². The van der Waals surface area contributed by atoms with Gasteiger partial charge in [-0.05, 0) is 118 Å². The first-order valence-corrected chi connectivity index (χ1v) is 21.8. The van der Waals surface area contributed by atoms with Crippen LogP contribution in [0.5, 0.6) is 23.0 Å². The van der Waals surface area contributed by atoms with E-state index in [1.54, 1.807) is 6.07 Å². The van der Waals surface area contributed by atoms with Crippen molar-refractivity contribution in [3.63, 3.8) is 0 Å². The zero-order chi connectivity index (χ0) is 41.3. The van der Waals surface area contributed by atoms with E-state index in [2.05, 4.69) is 86.6 Å². The van der Waals surface area contributed by atoms with Gasteiger partial charge in [-0.3, -0.25) is 0 Å². The summed E-state index contributed by atoms with van der Waals surface area (Å²) < 4.78 is 0. The quantitative estimate of drug-likeness (QED) is 0.0717. The van der Waals surface area contributed by atoms with Gasteiger partial charge in [0.25, 0.3) is 0 Å². The Labute approximate surface area is 341 Å². The molecule has 4 nitrogen and oxygen atoms in total. The molecule has 0 aromatic heterocycles. The number of hydrogen-bond acceptors (Lipinski definition) is 4. The van der Waals surface area contributed by atoms with Gasteiger partial charge in [-0.1, -0.05) is 175 Å². The molecule has 0 amide bonds. The molecule has 0 bridgehead atoms. The predicted molar refractivity (Wildman–Crippen MR) is 239 cm³/mol. The van der Waals surface area contributed by atoms with Gasteiger partial charge >= 0.3 is 0 Å². The molecule has 0 aliphatic rings. The van der Waals surface area contributed by atoms with E-state index in [1.807, 2.05) is 42.5 Å². The van der Waals surface area contributed by atoms with Crippen LogP contribution in [0.4, 0.5) is 0 Å². The van der Waals surface area contributed by atoms with E-state index in [0.29, 0.717) is 35.3 Å². The van der Waals surface area contributed by atoms with E-state index in [4.69, 9.17) is 0 Å². The lowest BCUT2D eigenvalue weighted by Crippen LogP contribution is -2.13. The van der Waals surface area contributed by atoms with Crippen molar-refractivity contribution < 1.29 is 20.4 Å². The highest BCUT2D eigenvalue weighted by Gasteiger charge is 2.21. The standard InChI is InChI=1S/C29H44O2.C23H32O2/c1-3-5-7-9-11-13-15-24-17-19-28(30)26(21-24)23-27-22-25(18-20-29(27)31)16-14-12-10-8-6-4-2;1-15(17-9-11-21(25)19(14-17)23(5,6)7)12-16-8-10-20(24)18(13-16)22(2,3)4/h17-22,30-31H,3-16,23H2,1-2H3;8-11,13-15,24-25H,12H2,1-7H3. The van der Waals surface area contributed by atoms with Crippen LogP contribution >= 0.6 is 0 Å². The molecule has 4 aromatic rings. The fourth-order valence-electron chi connectivity index (χ4n) is 7.54. The second-order valence-corrected chi connectivity index (χ2v) is 18.4.